The van der Waals surface area contributed by atoms with Gasteiger partial charge in [0.1, 0.15) is 16.4 Å². The van der Waals surface area contributed by atoms with Crippen LogP contribution in [0.2, 0.25) is 5.15 Å². The van der Waals surface area contributed by atoms with E-state index in [1.807, 2.05) is 0 Å². The van der Waals surface area contributed by atoms with E-state index in [-0.39, 0.29) is 16.4 Å². The largest absolute Gasteiger partial charge is 0.508 e. The third-order valence-electron chi connectivity index (χ3n) is 1.70. The first-order chi connectivity index (χ1) is 6.16. The van der Waals surface area contributed by atoms with Gasteiger partial charge >= 0.3 is 0 Å². The monoisotopic (exact) mass is 197 g/mol. The summed E-state index contributed by atoms with van der Waals surface area (Å²) in [7, 11) is 0. The molecule has 0 atom stereocenters. The van der Waals surface area contributed by atoms with Crippen molar-refractivity contribution >= 4 is 22.5 Å². The van der Waals surface area contributed by atoms with Gasteiger partial charge < -0.3 is 5.11 Å². The van der Waals surface area contributed by atoms with E-state index >= 15 is 0 Å². The number of phenols is 1. The third-order valence-corrected chi connectivity index (χ3v) is 1.91. The summed E-state index contributed by atoms with van der Waals surface area (Å²) in [5.41, 5.74) is 0.172. The second-order valence-electron chi connectivity index (χ2n) is 2.63. The minimum absolute atomic E-state index is 0.117. The molecule has 4 heteroatoms. The number of phenolic OH excluding ortho intramolecular Hbond substituents is 1. The number of pyridine rings is 1. The lowest BCUT2D eigenvalue weighted by molar-refractivity contribution is 0.470. The van der Waals surface area contributed by atoms with Crippen LogP contribution in [-0.2, 0) is 0 Å². The molecule has 1 N–H and O–H groups in total. The van der Waals surface area contributed by atoms with Crippen molar-refractivity contribution in [3.8, 4) is 5.75 Å². The zero-order valence-corrected chi connectivity index (χ0v) is 7.22. The number of rotatable bonds is 0. The van der Waals surface area contributed by atoms with E-state index < -0.39 is 5.82 Å². The van der Waals surface area contributed by atoms with Crippen molar-refractivity contribution in [3.63, 3.8) is 0 Å². The van der Waals surface area contributed by atoms with Crippen molar-refractivity contribution in [2.45, 2.75) is 0 Å². The van der Waals surface area contributed by atoms with Crippen LogP contribution in [-0.4, -0.2) is 10.1 Å². The maximum atomic E-state index is 13.1. The standard InChI is InChI=1S/C9H5ClFNO/c10-8-2-1-5-3-6(13)4-7(11)9(5)12-8/h1-4,13H. The summed E-state index contributed by atoms with van der Waals surface area (Å²) in [6, 6.07) is 5.59. The van der Waals surface area contributed by atoms with E-state index in [0.29, 0.717) is 5.39 Å². The predicted molar refractivity (Wildman–Crippen MR) is 48.4 cm³/mol. The van der Waals surface area contributed by atoms with E-state index in [2.05, 4.69) is 4.98 Å². The maximum absolute atomic E-state index is 13.1. The zero-order valence-electron chi connectivity index (χ0n) is 6.46. The van der Waals surface area contributed by atoms with Gasteiger partial charge in [0.15, 0.2) is 5.82 Å². The fourth-order valence-corrected chi connectivity index (χ4v) is 1.30. The smallest absolute Gasteiger partial charge is 0.153 e. The van der Waals surface area contributed by atoms with E-state index in [4.69, 9.17) is 16.7 Å². The van der Waals surface area contributed by atoms with Crippen molar-refractivity contribution in [1.82, 2.24) is 4.98 Å². The van der Waals surface area contributed by atoms with Gasteiger partial charge in [-0.25, -0.2) is 9.37 Å². The molecule has 0 saturated heterocycles. The number of nitrogens with zero attached hydrogens (tertiary/aromatic N) is 1. The number of benzene rings is 1. The highest BCUT2D eigenvalue weighted by molar-refractivity contribution is 6.29. The van der Waals surface area contributed by atoms with Gasteiger partial charge in [0.2, 0.25) is 0 Å². The summed E-state index contributed by atoms with van der Waals surface area (Å²) in [6.07, 6.45) is 0. The van der Waals surface area contributed by atoms with Crippen LogP contribution in [0.4, 0.5) is 4.39 Å². The highest BCUT2D eigenvalue weighted by Crippen LogP contribution is 2.23. The molecule has 1 aromatic heterocycles. The molecule has 0 spiro atoms. The Kier molecular flexibility index (Phi) is 1.81. The second-order valence-corrected chi connectivity index (χ2v) is 3.02. The average molecular weight is 198 g/mol. The third kappa shape index (κ3) is 1.42. The van der Waals surface area contributed by atoms with Crippen LogP contribution in [0.25, 0.3) is 10.9 Å². The molecule has 1 aromatic carbocycles. The van der Waals surface area contributed by atoms with Crippen LogP contribution in [0.3, 0.4) is 0 Å². The number of hydrogen-bond donors (Lipinski definition) is 1. The molecule has 0 saturated carbocycles. The van der Waals surface area contributed by atoms with Gasteiger partial charge in [-0.1, -0.05) is 11.6 Å². The lowest BCUT2D eigenvalue weighted by atomic mass is 10.2. The number of aromatic nitrogens is 1. The van der Waals surface area contributed by atoms with Crippen LogP contribution in [0.1, 0.15) is 0 Å². The van der Waals surface area contributed by atoms with Gasteiger partial charge in [-0.15, -0.1) is 0 Å². The summed E-state index contributed by atoms with van der Waals surface area (Å²) >= 11 is 5.59. The topological polar surface area (TPSA) is 33.1 Å². The summed E-state index contributed by atoms with van der Waals surface area (Å²) in [5.74, 6) is -0.688. The Balaban J connectivity index is 2.87. The molecule has 2 rings (SSSR count). The fraction of sp³-hybridized carbons (Fsp3) is 0. The Morgan fingerprint density at radius 3 is 2.85 bits per heavy atom. The Hall–Kier alpha value is -1.35. The van der Waals surface area contributed by atoms with E-state index in [1.165, 1.54) is 6.07 Å². The SMILES string of the molecule is Oc1cc(F)c2nc(Cl)ccc2c1. The molecule has 0 unspecified atom stereocenters. The van der Waals surface area contributed by atoms with Crippen molar-refractivity contribution in [3.05, 3.63) is 35.2 Å². The van der Waals surface area contributed by atoms with Gasteiger partial charge in [-0.2, -0.15) is 0 Å². The quantitative estimate of drug-likeness (QED) is 0.659. The van der Waals surface area contributed by atoms with Crippen LogP contribution in [0.15, 0.2) is 24.3 Å². The lowest BCUT2D eigenvalue weighted by Gasteiger charge is -1.99. The zero-order chi connectivity index (χ0) is 9.42. The molecule has 0 bridgehead atoms. The molecule has 2 nitrogen and oxygen atoms in total. The molecular weight excluding hydrogens is 193 g/mol. The predicted octanol–water partition coefficient (Wildman–Crippen LogP) is 2.73. The number of hydrogen-bond acceptors (Lipinski definition) is 2. The molecule has 0 aliphatic rings. The number of fused-ring (bicyclic) bond motifs is 1. The summed E-state index contributed by atoms with van der Waals surface area (Å²) in [4.78, 5) is 3.80. The summed E-state index contributed by atoms with van der Waals surface area (Å²) in [5, 5.41) is 9.84. The first kappa shape index (κ1) is 8.26. The molecule has 0 aliphatic heterocycles. The fourth-order valence-electron chi connectivity index (χ4n) is 1.15. The van der Waals surface area contributed by atoms with Crippen LogP contribution in [0.5, 0.6) is 5.75 Å². The number of aromatic hydroxyl groups is 1. The summed E-state index contributed by atoms with van der Waals surface area (Å²) < 4.78 is 13.1. The minimum Gasteiger partial charge on any atom is -0.508 e. The van der Waals surface area contributed by atoms with Crippen LogP contribution < -0.4 is 0 Å². The van der Waals surface area contributed by atoms with E-state index in [0.717, 1.165) is 6.07 Å². The normalized spacial score (nSPS) is 10.6. The van der Waals surface area contributed by atoms with Gasteiger partial charge in [0, 0.05) is 11.5 Å². The van der Waals surface area contributed by atoms with Gasteiger partial charge in [-0.05, 0) is 18.2 Å². The van der Waals surface area contributed by atoms with Gasteiger partial charge in [0.25, 0.3) is 0 Å². The molecule has 1 heterocycles. The Bertz CT molecular complexity index is 472. The molecule has 0 aliphatic carbocycles. The van der Waals surface area contributed by atoms with Crippen LogP contribution in [0, 0.1) is 5.82 Å². The van der Waals surface area contributed by atoms with Crippen molar-refractivity contribution in [1.29, 1.82) is 0 Å². The molecule has 0 amide bonds. The first-order valence-electron chi connectivity index (χ1n) is 3.61. The van der Waals surface area contributed by atoms with Crippen molar-refractivity contribution in [2.24, 2.45) is 0 Å². The lowest BCUT2D eigenvalue weighted by Crippen LogP contribution is -1.84. The first-order valence-corrected chi connectivity index (χ1v) is 3.99. The highest BCUT2D eigenvalue weighted by atomic mass is 35.5. The second kappa shape index (κ2) is 2.85. The van der Waals surface area contributed by atoms with E-state index in [1.54, 1.807) is 12.1 Å². The molecule has 66 valence electrons. The van der Waals surface area contributed by atoms with E-state index in [9.17, 15) is 4.39 Å². The summed E-state index contributed by atoms with van der Waals surface area (Å²) in [6.45, 7) is 0. The number of halogens is 2. The minimum atomic E-state index is -0.572. The molecule has 2 aromatic rings. The van der Waals surface area contributed by atoms with Gasteiger partial charge in [0.05, 0.1) is 0 Å². The Labute approximate surface area is 78.6 Å². The molecule has 13 heavy (non-hydrogen) atoms. The molecule has 0 radical (unpaired) electrons. The Morgan fingerprint density at radius 2 is 2.08 bits per heavy atom. The highest BCUT2D eigenvalue weighted by Gasteiger charge is 2.04. The van der Waals surface area contributed by atoms with Crippen molar-refractivity contribution in [2.75, 3.05) is 0 Å². The van der Waals surface area contributed by atoms with Crippen LogP contribution >= 0.6 is 11.6 Å². The maximum Gasteiger partial charge on any atom is 0.153 e. The molecule has 0 fully saturated rings. The Morgan fingerprint density at radius 1 is 1.31 bits per heavy atom. The van der Waals surface area contributed by atoms with Gasteiger partial charge in [-0.3, -0.25) is 0 Å². The molecular formula is C9H5ClFNO. The van der Waals surface area contributed by atoms with Crippen molar-refractivity contribution < 1.29 is 9.50 Å². The average Bonchev–Trinajstić information content (AvgIpc) is 2.06.